The summed E-state index contributed by atoms with van der Waals surface area (Å²) in [6.07, 6.45) is 0. The number of nitrogens with one attached hydrogen (secondary N) is 3. The molecule has 128 valence electrons. The number of nitrogen functional groups attached to an aromatic ring is 2. The fraction of sp³-hybridized carbons (Fsp3) is 0.0588. The molecule has 3 aromatic rings. The molecule has 0 radical (unpaired) electrons. The summed E-state index contributed by atoms with van der Waals surface area (Å²) < 4.78 is 5.42. The molecule has 3 rings (SSSR count). The lowest BCUT2D eigenvalue weighted by Gasteiger charge is -2.17. The van der Waals surface area contributed by atoms with Crippen LogP contribution >= 0.6 is 0 Å². The maximum Gasteiger partial charge on any atom is 0.231 e. The summed E-state index contributed by atoms with van der Waals surface area (Å²) in [5.74, 6) is 13.2. The van der Waals surface area contributed by atoms with Crippen LogP contribution in [-0.4, -0.2) is 17.1 Å². The Morgan fingerprint density at radius 1 is 0.840 bits per heavy atom. The molecule has 7 N–H and O–H groups in total. The Kier molecular flexibility index (Phi) is 4.93. The van der Waals surface area contributed by atoms with Crippen LogP contribution < -0.4 is 32.6 Å². The average molecular weight is 337 g/mol. The average Bonchev–Trinajstić information content (AvgIpc) is 2.68. The van der Waals surface area contributed by atoms with Crippen LogP contribution in [0.3, 0.4) is 0 Å². The van der Waals surface area contributed by atoms with Crippen molar-refractivity contribution in [3.63, 3.8) is 0 Å². The highest BCUT2D eigenvalue weighted by Crippen LogP contribution is 2.38. The van der Waals surface area contributed by atoms with Crippen LogP contribution in [0.5, 0.6) is 5.75 Å². The highest BCUT2D eigenvalue weighted by molar-refractivity contribution is 5.88. The van der Waals surface area contributed by atoms with Crippen molar-refractivity contribution in [3.8, 4) is 16.9 Å². The van der Waals surface area contributed by atoms with E-state index in [1.54, 1.807) is 7.11 Å². The molecular formula is C17H19N7O. The van der Waals surface area contributed by atoms with Gasteiger partial charge in [-0.3, -0.25) is 0 Å². The van der Waals surface area contributed by atoms with Crippen molar-refractivity contribution >= 4 is 23.3 Å². The minimum atomic E-state index is 0.353. The van der Waals surface area contributed by atoms with Crippen LogP contribution in [0.2, 0.25) is 0 Å². The van der Waals surface area contributed by atoms with E-state index in [0.29, 0.717) is 28.9 Å². The van der Waals surface area contributed by atoms with Gasteiger partial charge in [-0.25, -0.2) is 11.7 Å². The Bertz CT molecular complexity index is 830. The zero-order valence-electron chi connectivity index (χ0n) is 13.7. The number of benzene rings is 2. The van der Waals surface area contributed by atoms with Crippen LogP contribution in [0.25, 0.3) is 11.1 Å². The molecule has 25 heavy (non-hydrogen) atoms. The van der Waals surface area contributed by atoms with Crippen LogP contribution in [0.4, 0.5) is 23.3 Å². The Labute approximate surface area is 145 Å². The predicted molar refractivity (Wildman–Crippen MR) is 99.4 cm³/mol. The van der Waals surface area contributed by atoms with E-state index in [1.165, 1.54) is 0 Å². The first-order valence-corrected chi connectivity index (χ1v) is 7.57. The lowest BCUT2D eigenvalue weighted by atomic mass is 10.1. The molecule has 0 atom stereocenters. The molecule has 0 spiro atoms. The van der Waals surface area contributed by atoms with Gasteiger partial charge in [0, 0.05) is 11.3 Å². The largest absolute Gasteiger partial charge is 0.496 e. The van der Waals surface area contributed by atoms with Crippen molar-refractivity contribution in [2.45, 2.75) is 0 Å². The topological polar surface area (TPSA) is 123 Å². The molecule has 0 bridgehead atoms. The number of nitrogens with two attached hydrogens (primary N) is 2. The van der Waals surface area contributed by atoms with Gasteiger partial charge >= 0.3 is 0 Å². The molecule has 1 heterocycles. The Balaban J connectivity index is 2.10. The molecule has 0 unspecified atom stereocenters. The number of ether oxygens (including phenoxy) is 1. The Morgan fingerprint density at radius 2 is 1.44 bits per heavy atom. The summed E-state index contributed by atoms with van der Waals surface area (Å²) in [5.41, 5.74) is 7.43. The van der Waals surface area contributed by atoms with Crippen molar-refractivity contribution in [1.82, 2.24) is 9.97 Å². The number of hydrogen-bond acceptors (Lipinski definition) is 8. The second-order valence-corrected chi connectivity index (χ2v) is 5.10. The molecule has 8 nitrogen and oxygen atoms in total. The van der Waals surface area contributed by atoms with Crippen molar-refractivity contribution in [1.29, 1.82) is 0 Å². The van der Waals surface area contributed by atoms with Gasteiger partial charge in [-0.2, -0.15) is 9.97 Å². The zero-order chi connectivity index (χ0) is 17.6. The van der Waals surface area contributed by atoms with Crippen molar-refractivity contribution in [2.75, 3.05) is 23.3 Å². The molecule has 0 fully saturated rings. The van der Waals surface area contributed by atoms with Crippen LogP contribution in [0.15, 0.2) is 54.6 Å². The van der Waals surface area contributed by atoms with E-state index in [9.17, 15) is 0 Å². The van der Waals surface area contributed by atoms with Crippen LogP contribution in [0.1, 0.15) is 0 Å². The van der Waals surface area contributed by atoms with E-state index in [4.69, 9.17) is 16.4 Å². The maximum absolute atomic E-state index is 5.69. The SMILES string of the molecule is COc1ccccc1-c1c(NN)nc(Nc2ccccc2)nc1NN. The number of aromatic nitrogens is 2. The third kappa shape index (κ3) is 3.44. The third-order valence-corrected chi connectivity index (χ3v) is 3.59. The quantitative estimate of drug-likeness (QED) is 0.343. The first-order valence-electron chi connectivity index (χ1n) is 7.57. The molecule has 2 aromatic carbocycles. The van der Waals surface area contributed by atoms with Gasteiger partial charge in [-0.1, -0.05) is 36.4 Å². The minimum Gasteiger partial charge on any atom is -0.496 e. The normalized spacial score (nSPS) is 10.2. The summed E-state index contributed by atoms with van der Waals surface area (Å²) in [6, 6.07) is 17.0. The molecule has 0 aliphatic heterocycles. The van der Waals surface area contributed by atoms with Gasteiger partial charge in [0.25, 0.3) is 0 Å². The Hall–Kier alpha value is -3.36. The van der Waals surface area contributed by atoms with Gasteiger partial charge in [-0.15, -0.1) is 0 Å². The number of hydrazine groups is 2. The highest BCUT2D eigenvalue weighted by Gasteiger charge is 2.18. The molecule has 1 aromatic heterocycles. The summed E-state index contributed by atoms with van der Waals surface area (Å²) in [6.45, 7) is 0. The monoisotopic (exact) mass is 337 g/mol. The molecule has 0 amide bonds. The van der Waals surface area contributed by atoms with Crippen molar-refractivity contribution < 1.29 is 4.74 Å². The first kappa shape index (κ1) is 16.5. The predicted octanol–water partition coefficient (Wildman–Crippen LogP) is 2.47. The second kappa shape index (κ2) is 7.47. The Morgan fingerprint density at radius 3 is 2.04 bits per heavy atom. The van der Waals surface area contributed by atoms with Gasteiger partial charge in [-0.05, 0) is 18.2 Å². The number of methoxy groups -OCH3 is 1. The fourth-order valence-corrected chi connectivity index (χ4v) is 2.48. The zero-order valence-corrected chi connectivity index (χ0v) is 13.7. The summed E-state index contributed by atoms with van der Waals surface area (Å²) in [4.78, 5) is 8.87. The summed E-state index contributed by atoms with van der Waals surface area (Å²) >= 11 is 0. The second-order valence-electron chi connectivity index (χ2n) is 5.10. The summed E-state index contributed by atoms with van der Waals surface area (Å²) in [7, 11) is 1.59. The number of para-hydroxylation sites is 2. The van der Waals surface area contributed by atoms with Crippen LogP contribution in [0, 0.1) is 0 Å². The van der Waals surface area contributed by atoms with Gasteiger partial charge < -0.3 is 20.9 Å². The molecule has 0 saturated carbocycles. The van der Waals surface area contributed by atoms with Gasteiger partial charge in [0.15, 0.2) is 11.6 Å². The molecule has 8 heteroatoms. The minimum absolute atomic E-state index is 0.353. The van der Waals surface area contributed by atoms with E-state index in [-0.39, 0.29) is 0 Å². The molecule has 0 aliphatic carbocycles. The van der Waals surface area contributed by atoms with Crippen molar-refractivity contribution in [2.24, 2.45) is 11.7 Å². The third-order valence-electron chi connectivity index (χ3n) is 3.59. The maximum atomic E-state index is 5.69. The lowest BCUT2D eigenvalue weighted by molar-refractivity contribution is 0.416. The fourth-order valence-electron chi connectivity index (χ4n) is 2.48. The molecule has 0 aliphatic rings. The lowest BCUT2D eigenvalue weighted by Crippen LogP contribution is -2.17. The molecular weight excluding hydrogens is 318 g/mol. The van der Waals surface area contributed by atoms with E-state index >= 15 is 0 Å². The van der Waals surface area contributed by atoms with Gasteiger partial charge in [0.1, 0.15) is 5.75 Å². The first-order chi connectivity index (χ1) is 12.3. The smallest absolute Gasteiger partial charge is 0.231 e. The highest BCUT2D eigenvalue weighted by atomic mass is 16.5. The van der Waals surface area contributed by atoms with E-state index < -0.39 is 0 Å². The van der Waals surface area contributed by atoms with Gasteiger partial charge in [0.2, 0.25) is 5.95 Å². The van der Waals surface area contributed by atoms with Crippen molar-refractivity contribution in [3.05, 3.63) is 54.6 Å². The number of anilines is 4. The number of hydrogen-bond donors (Lipinski definition) is 5. The summed E-state index contributed by atoms with van der Waals surface area (Å²) in [5, 5.41) is 3.12. The standard InChI is InChI=1S/C17H19N7O/c1-25-13-10-6-5-9-12(13)14-15(23-18)21-17(22-16(14)24-19)20-11-7-3-2-4-8-11/h2-10H,18-19H2,1H3,(H3,20,21,22,23,24). The van der Waals surface area contributed by atoms with Gasteiger partial charge in [0.05, 0.1) is 12.7 Å². The van der Waals surface area contributed by atoms with E-state index in [0.717, 1.165) is 11.3 Å². The number of rotatable bonds is 6. The number of nitrogens with zero attached hydrogens (tertiary/aromatic N) is 2. The van der Waals surface area contributed by atoms with E-state index in [2.05, 4.69) is 26.1 Å². The van der Waals surface area contributed by atoms with Crippen LogP contribution in [-0.2, 0) is 0 Å². The van der Waals surface area contributed by atoms with E-state index in [1.807, 2.05) is 54.6 Å². The molecule has 0 saturated heterocycles.